The van der Waals surface area contributed by atoms with Crippen LogP contribution in [0.5, 0.6) is 0 Å². The van der Waals surface area contributed by atoms with Crippen LogP contribution >= 0.6 is 11.3 Å². The summed E-state index contributed by atoms with van der Waals surface area (Å²) in [6.07, 6.45) is 3.42. The standard InChI is InChI=1S/C17H17N5O2S/c1-11-10-25-17(19-11)20-14-8-24-9-15(14)22-16(23)3-2-13(21-22)12-4-6-18-7-5-12/h2-7,10,14-15H,8-9H2,1H3,(H,19,20). The van der Waals surface area contributed by atoms with Gasteiger partial charge in [-0.1, -0.05) is 0 Å². The third kappa shape index (κ3) is 3.31. The minimum Gasteiger partial charge on any atom is -0.377 e. The summed E-state index contributed by atoms with van der Waals surface area (Å²) in [5, 5.41) is 10.7. The number of rotatable bonds is 4. The van der Waals surface area contributed by atoms with Crippen LogP contribution in [0.3, 0.4) is 0 Å². The van der Waals surface area contributed by atoms with Gasteiger partial charge in [0.2, 0.25) is 0 Å². The van der Waals surface area contributed by atoms with E-state index in [1.54, 1.807) is 35.9 Å². The summed E-state index contributed by atoms with van der Waals surface area (Å²) in [4.78, 5) is 20.8. The Hall–Kier alpha value is -2.58. The Kier molecular flexibility index (Phi) is 4.29. The lowest BCUT2D eigenvalue weighted by atomic mass is 10.1. The number of thiazole rings is 1. The van der Waals surface area contributed by atoms with Crippen molar-refractivity contribution in [1.82, 2.24) is 19.7 Å². The Labute approximate surface area is 148 Å². The minimum atomic E-state index is -0.182. The molecule has 3 aromatic heterocycles. The number of aromatic nitrogens is 4. The number of pyridine rings is 1. The van der Waals surface area contributed by atoms with E-state index < -0.39 is 0 Å². The number of anilines is 1. The van der Waals surface area contributed by atoms with Gasteiger partial charge in [-0.3, -0.25) is 9.78 Å². The highest BCUT2D eigenvalue weighted by Gasteiger charge is 2.32. The molecule has 1 aliphatic heterocycles. The summed E-state index contributed by atoms with van der Waals surface area (Å²) in [6.45, 7) is 2.90. The molecule has 0 spiro atoms. The summed E-state index contributed by atoms with van der Waals surface area (Å²) in [6, 6.07) is 6.79. The quantitative estimate of drug-likeness (QED) is 0.772. The molecule has 4 heterocycles. The van der Waals surface area contributed by atoms with Crippen molar-refractivity contribution >= 4 is 16.5 Å². The molecule has 0 bridgehead atoms. The fourth-order valence-electron chi connectivity index (χ4n) is 2.84. The molecule has 1 N–H and O–H groups in total. The molecule has 3 aromatic rings. The Bertz CT molecular complexity index is 924. The molecule has 0 saturated carbocycles. The molecule has 128 valence electrons. The highest BCUT2D eigenvalue weighted by Crippen LogP contribution is 2.24. The van der Waals surface area contributed by atoms with E-state index >= 15 is 0 Å². The third-order valence-corrected chi connectivity index (χ3v) is 4.99. The number of hydrogen-bond donors (Lipinski definition) is 1. The number of hydrogen-bond acceptors (Lipinski definition) is 7. The van der Waals surface area contributed by atoms with Crippen molar-refractivity contribution in [3.63, 3.8) is 0 Å². The highest BCUT2D eigenvalue weighted by molar-refractivity contribution is 7.13. The van der Waals surface area contributed by atoms with Gasteiger partial charge in [0, 0.05) is 29.4 Å². The lowest BCUT2D eigenvalue weighted by molar-refractivity contribution is 0.183. The average Bonchev–Trinajstić information content (AvgIpc) is 3.25. The maximum Gasteiger partial charge on any atom is 0.267 e. The maximum atomic E-state index is 12.4. The second-order valence-electron chi connectivity index (χ2n) is 5.89. The van der Waals surface area contributed by atoms with E-state index in [0.717, 1.165) is 22.1 Å². The zero-order valence-electron chi connectivity index (χ0n) is 13.6. The summed E-state index contributed by atoms with van der Waals surface area (Å²) < 4.78 is 7.12. The normalized spacial score (nSPS) is 19.9. The molecule has 1 fully saturated rings. The van der Waals surface area contributed by atoms with Gasteiger partial charge in [0.1, 0.15) is 6.04 Å². The van der Waals surface area contributed by atoms with Crippen LogP contribution in [0.2, 0.25) is 0 Å². The fraction of sp³-hybridized carbons (Fsp3) is 0.294. The first-order valence-electron chi connectivity index (χ1n) is 7.97. The molecule has 0 radical (unpaired) electrons. The van der Waals surface area contributed by atoms with Crippen LogP contribution in [-0.2, 0) is 4.74 Å². The molecule has 2 atom stereocenters. The van der Waals surface area contributed by atoms with Gasteiger partial charge in [0.15, 0.2) is 5.13 Å². The second-order valence-corrected chi connectivity index (χ2v) is 6.75. The van der Waals surface area contributed by atoms with Gasteiger partial charge in [-0.2, -0.15) is 5.10 Å². The molecule has 8 heteroatoms. The number of aryl methyl sites for hydroxylation is 1. The molecule has 1 aliphatic rings. The summed E-state index contributed by atoms with van der Waals surface area (Å²) in [5.41, 5.74) is 2.48. The van der Waals surface area contributed by atoms with E-state index in [2.05, 4.69) is 20.4 Å². The van der Waals surface area contributed by atoms with Crippen LogP contribution in [0.4, 0.5) is 5.13 Å². The molecule has 4 rings (SSSR count). The van der Waals surface area contributed by atoms with Crippen LogP contribution in [0.25, 0.3) is 11.3 Å². The Morgan fingerprint density at radius 3 is 2.84 bits per heavy atom. The van der Waals surface area contributed by atoms with Crippen molar-refractivity contribution in [2.24, 2.45) is 0 Å². The smallest absolute Gasteiger partial charge is 0.267 e. The zero-order valence-corrected chi connectivity index (χ0v) is 14.4. The maximum absolute atomic E-state index is 12.4. The molecule has 7 nitrogen and oxygen atoms in total. The van der Waals surface area contributed by atoms with Gasteiger partial charge in [0.25, 0.3) is 5.56 Å². The van der Waals surface area contributed by atoms with Crippen molar-refractivity contribution in [3.8, 4) is 11.3 Å². The van der Waals surface area contributed by atoms with Crippen molar-refractivity contribution < 1.29 is 4.74 Å². The summed E-state index contributed by atoms with van der Waals surface area (Å²) in [7, 11) is 0. The molecular weight excluding hydrogens is 338 g/mol. The fourth-order valence-corrected chi connectivity index (χ4v) is 3.59. The number of ether oxygens (including phenoxy) is 1. The molecule has 0 aromatic carbocycles. The molecule has 1 saturated heterocycles. The molecule has 25 heavy (non-hydrogen) atoms. The molecule has 0 aliphatic carbocycles. The number of nitrogens with one attached hydrogen (secondary N) is 1. The van der Waals surface area contributed by atoms with E-state index in [-0.39, 0.29) is 17.6 Å². The van der Waals surface area contributed by atoms with Gasteiger partial charge in [-0.25, -0.2) is 9.67 Å². The van der Waals surface area contributed by atoms with Crippen molar-refractivity contribution in [2.75, 3.05) is 18.5 Å². The van der Waals surface area contributed by atoms with Crippen LogP contribution in [0, 0.1) is 6.92 Å². The summed E-state index contributed by atoms with van der Waals surface area (Å²) in [5.74, 6) is 0. The topological polar surface area (TPSA) is 81.9 Å². The van der Waals surface area contributed by atoms with Crippen LogP contribution in [-0.4, -0.2) is 39.0 Å². The highest BCUT2D eigenvalue weighted by atomic mass is 32.1. The van der Waals surface area contributed by atoms with Gasteiger partial charge in [0.05, 0.1) is 30.6 Å². The SMILES string of the molecule is Cc1csc(NC2COCC2n2nc(-c3ccncc3)ccc2=O)n1. The van der Waals surface area contributed by atoms with Crippen LogP contribution in [0.1, 0.15) is 11.7 Å². The predicted octanol–water partition coefficient (Wildman–Crippen LogP) is 2.12. The molecule has 0 amide bonds. The largest absolute Gasteiger partial charge is 0.377 e. The Balaban J connectivity index is 1.64. The van der Waals surface area contributed by atoms with Gasteiger partial charge in [-0.15, -0.1) is 11.3 Å². The minimum absolute atomic E-state index is 0.0524. The lowest BCUT2D eigenvalue weighted by Gasteiger charge is -2.20. The van der Waals surface area contributed by atoms with Crippen molar-refractivity contribution in [1.29, 1.82) is 0 Å². The third-order valence-electron chi connectivity index (χ3n) is 4.09. The first kappa shape index (κ1) is 15.9. The van der Waals surface area contributed by atoms with Gasteiger partial charge < -0.3 is 10.1 Å². The second kappa shape index (κ2) is 6.73. The first-order valence-corrected chi connectivity index (χ1v) is 8.85. The first-order chi connectivity index (χ1) is 12.2. The van der Waals surface area contributed by atoms with Crippen molar-refractivity contribution in [2.45, 2.75) is 19.0 Å². The van der Waals surface area contributed by atoms with Crippen molar-refractivity contribution in [3.05, 3.63) is 58.1 Å². The lowest BCUT2D eigenvalue weighted by Crippen LogP contribution is -2.37. The zero-order chi connectivity index (χ0) is 17.2. The van der Waals surface area contributed by atoms with E-state index in [1.165, 1.54) is 4.68 Å². The Morgan fingerprint density at radius 2 is 2.08 bits per heavy atom. The number of nitrogens with zero attached hydrogens (tertiary/aromatic N) is 4. The van der Waals surface area contributed by atoms with E-state index in [9.17, 15) is 4.79 Å². The molecular formula is C17H17N5O2S. The average molecular weight is 355 g/mol. The van der Waals surface area contributed by atoms with Crippen LogP contribution in [0.15, 0.2) is 46.8 Å². The summed E-state index contributed by atoms with van der Waals surface area (Å²) >= 11 is 1.55. The Morgan fingerprint density at radius 1 is 1.24 bits per heavy atom. The van der Waals surface area contributed by atoms with E-state index in [0.29, 0.717) is 13.2 Å². The monoisotopic (exact) mass is 355 g/mol. The van der Waals surface area contributed by atoms with E-state index in [4.69, 9.17) is 4.74 Å². The van der Waals surface area contributed by atoms with Gasteiger partial charge in [-0.05, 0) is 25.1 Å². The predicted molar refractivity (Wildman–Crippen MR) is 95.8 cm³/mol. The molecule has 2 unspecified atom stereocenters. The van der Waals surface area contributed by atoms with Crippen LogP contribution < -0.4 is 10.9 Å². The van der Waals surface area contributed by atoms with E-state index in [1.807, 2.05) is 24.4 Å². The van der Waals surface area contributed by atoms with Gasteiger partial charge >= 0.3 is 0 Å².